The second kappa shape index (κ2) is 7.11. The van der Waals surface area contributed by atoms with Crippen LogP contribution in [0, 0.1) is 0 Å². The SMILES string of the molecule is Cn1c(SCC(=O)N2CCOC2=O)nnc1-c1ccc(C(C)(C)C)cc1. The van der Waals surface area contributed by atoms with Crippen molar-refractivity contribution in [1.82, 2.24) is 19.7 Å². The molecule has 0 spiro atoms. The van der Waals surface area contributed by atoms with Gasteiger partial charge in [0, 0.05) is 12.6 Å². The first-order valence-corrected chi connectivity index (χ1v) is 9.36. The standard InChI is InChI=1S/C18H22N4O3S/c1-18(2,3)13-7-5-12(6-8-13)15-19-20-16(21(15)4)26-11-14(23)22-9-10-25-17(22)24/h5-8H,9-11H2,1-4H3. The van der Waals surface area contributed by atoms with Gasteiger partial charge in [-0.15, -0.1) is 10.2 Å². The van der Waals surface area contributed by atoms with Gasteiger partial charge in [-0.05, 0) is 11.0 Å². The number of amides is 2. The van der Waals surface area contributed by atoms with E-state index in [2.05, 4.69) is 43.1 Å². The van der Waals surface area contributed by atoms with E-state index in [0.717, 1.165) is 16.3 Å². The molecule has 138 valence electrons. The van der Waals surface area contributed by atoms with Gasteiger partial charge in [-0.3, -0.25) is 4.79 Å². The lowest BCUT2D eigenvalue weighted by atomic mass is 9.87. The smallest absolute Gasteiger partial charge is 0.416 e. The van der Waals surface area contributed by atoms with Crippen molar-refractivity contribution in [3.63, 3.8) is 0 Å². The van der Waals surface area contributed by atoms with Crippen molar-refractivity contribution in [2.75, 3.05) is 18.9 Å². The maximum Gasteiger partial charge on any atom is 0.416 e. The molecule has 2 amide bonds. The average molecular weight is 374 g/mol. The first kappa shape index (κ1) is 18.4. The molecule has 1 aliphatic heterocycles. The van der Waals surface area contributed by atoms with Gasteiger partial charge < -0.3 is 9.30 Å². The highest BCUT2D eigenvalue weighted by Crippen LogP contribution is 2.27. The van der Waals surface area contributed by atoms with Crippen molar-refractivity contribution in [3.8, 4) is 11.4 Å². The number of cyclic esters (lactones) is 1. The number of carbonyl (C=O) groups is 2. The number of aromatic nitrogens is 3. The molecular weight excluding hydrogens is 352 g/mol. The molecule has 1 saturated heterocycles. The molecule has 26 heavy (non-hydrogen) atoms. The molecule has 1 fully saturated rings. The van der Waals surface area contributed by atoms with Gasteiger partial charge in [-0.25, -0.2) is 9.69 Å². The molecule has 0 atom stereocenters. The maximum atomic E-state index is 12.1. The summed E-state index contributed by atoms with van der Waals surface area (Å²) in [7, 11) is 1.87. The fourth-order valence-corrected chi connectivity index (χ4v) is 3.42. The van der Waals surface area contributed by atoms with E-state index in [0.29, 0.717) is 11.7 Å². The molecule has 3 rings (SSSR count). The number of ether oxygens (including phenoxy) is 1. The minimum atomic E-state index is -0.576. The second-order valence-corrected chi connectivity index (χ2v) is 8.08. The fraction of sp³-hybridized carbons (Fsp3) is 0.444. The molecule has 2 heterocycles. The Kier molecular flexibility index (Phi) is 5.04. The predicted octanol–water partition coefficient (Wildman–Crippen LogP) is 2.85. The predicted molar refractivity (Wildman–Crippen MR) is 98.9 cm³/mol. The third kappa shape index (κ3) is 3.75. The van der Waals surface area contributed by atoms with E-state index in [1.807, 2.05) is 23.7 Å². The summed E-state index contributed by atoms with van der Waals surface area (Å²) in [6.45, 7) is 7.08. The molecule has 0 unspecified atom stereocenters. The number of carbonyl (C=O) groups excluding carboxylic acids is 2. The van der Waals surface area contributed by atoms with E-state index in [1.165, 1.54) is 17.3 Å². The summed E-state index contributed by atoms with van der Waals surface area (Å²) in [6, 6.07) is 8.26. The van der Waals surface area contributed by atoms with E-state index in [1.54, 1.807) is 0 Å². The van der Waals surface area contributed by atoms with Gasteiger partial charge in [0.2, 0.25) is 5.91 Å². The Bertz CT molecular complexity index is 824. The lowest BCUT2D eigenvalue weighted by Gasteiger charge is -2.19. The average Bonchev–Trinajstić information content (AvgIpc) is 3.18. The number of hydrogen-bond donors (Lipinski definition) is 0. The Balaban J connectivity index is 1.70. The van der Waals surface area contributed by atoms with Crippen molar-refractivity contribution in [2.24, 2.45) is 7.05 Å². The zero-order chi connectivity index (χ0) is 18.9. The lowest BCUT2D eigenvalue weighted by Crippen LogP contribution is -2.33. The van der Waals surface area contributed by atoms with Crippen molar-refractivity contribution in [3.05, 3.63) is 29.8 Å². The third-order valence-corrected chi connectivity index (χ3v) is 5.24. The highest BCUT2D eigenvalue weighted by Gasteiger charge is 2.28. The largest absolute Gasteiger partial charge is 0.447 e. The summed E-state index contributed by atoms with van der Waals surface area (Å²) in [6.07, 6.45) is -0.576. The Hall–Kier alpha value is -2.35. The second-order valence-electron chi connectivity index (χ2n) is 7.14. The zero-order valence-electron chi connectivity index (χ0n) is 15.4. The van der Waals surface area contributed by atoms with Gasteiger partial charge in [0.1, 0.15) is 6.61 Å². The van der Waals surface area contributed by atoms with Crippen LogP contribution in [0.25, 0.3) is 11.4 Å². The molecule has 2 aromatic rings. The van der Waals surface area contributed by atoms with Crippen LogP contribution in [-0.4, -0.2) is 50.6 Å². The first-order valence-electron chi connectivity index (χ1n) is 8.37. The highest BCUT2D eigenvalue weighted by atomic mass is 32.2. The Labute approximate surface area is 156 Å². The number of benzene rings is 1. The monoisotopic (exact) mass is 374 g/mol. The van der Waals surface area contributed by atoms with E-state index >= 15 is 0 Å². The number of thioether (sulfide) groups is 1. The van der Waals surface area contributed by atoms with Gasteiger partial charge in [-0.1, -0.05) is 56.8 Å². The first-order chi connectivity index (χ1) is 12.3. The van der Waals surface area contributed by atoms with Crippen LogP contribution in [0.1, 0.15) is 26.3 Å². The summed E-state index contributed by atoms with van der Waals surface area (Å²) in [4.78, 5) is 24.6. The van der Waals surface area contributed by atoms with E-state index < -0.39 is 6.09 Å². The van der Waals surface area contributed by atoms with Crippen molar-refractivity contribution >= 4 is 23.8 Å². The summed E-state index contributed by atoms with van der Waals surface area (Å²) in [5.74, 6) is 0.571. The number of rotatable bonds is 4. The van der Waals surface area contributed by atoms with Crippen LogP contribution in [0.4, 0.5) is 4.79 Å². The van der Waals surface area contributed by atoms with Crippen molar-refractivity contribution in [2.45, 2.75) is 31.3 Å². The Morgan fingerprint density at radius 3 is 2.50 bits per heavy atom. The maximum absolute atomic E-state index is 12.1. The van der Waals surface area contributed by atoms with Gasteiger partial charge in [0.25, 0.3) is 0 Å². The van der Waals surface area contributed by atoms with Gasteiger partial charge in [0.15, 0.2) is 11.0 Å². The topological polar surface area (TPSA) is 77.3 Å². The van der Waals surface area contributed by atoms with Crippen LogP contribution in [0.2, 0.25) is 0 Å². The summed E-state index contributed by atoms with van der Waals surface area (Å²) in [5, 5.41) is 9.04. The van der Waals surface area contributed by atoms with Gasteiger partial charge >= 0.3 is 6.09 Å². The molecule has 0 bridgehead atoms. The Morgan fingerprint density at radius 1 is 1.23 bits per heavy atom. The zero-order valence-corrected chi connectivity index (χ0v) is 16.2. The number of hydrogen-bond acceptors (Lipinski definition) is 6. The van der Waals surface area contributed by atoms with E-state index in [-0.39, 0.29) is 23.7 Å². The van der Waals surface area contributed by atoms with Crippen LogP contribution < -0.4 is 0 Å². The normalized spacial score (nSPS) is 14.6. The molecule has 0 saturated carbocycles. The molecule has 1 aromatic heterocycles. The van der Waals surface area contributed by atoms with Gasteiger partial charge in [0.05, 0.1) is 12.3 Å². The van der Waals surface area contributed by atoms with Crippen LogP contribution in [0.5, 0.6) is 0 Å². The fourth-order valence-electron chi connectivity index (χ4n) is 2.64. The Morgan fingerprint density at radius 2 is 1.92 bits per heavy atom. The van der Waals surface area contributed by atoms with Crippen molar-refractivity contribution < 1.29 is 14.3 Å². The molecule has 1 aliphatic rings. The van der Waals surface area contributed by atoms with Crippen LogP contribution in [0.3, 0.4) is 0 Å². The minimum absolute atomic E-state index is 0.0938. The van der Waals surface area contributed by atoms with Crippen LogP contribution in [-0.2, 0) is 22.0 Å². The molecule has 8 heteroatoms. The number of imide groups is 1. The van der Waals surface area contributed by atoms with E-state index in [9.17, 15) is 9.59 Å². The van der Waals surface area contributed by atoms with Gasteiger partial charge in [-0.2, -0.15) is 0 Å². The molecule has 0 radical (unpaired) electrons. The lowest BCUT2D eigenvalue weighted by molar-refractivity contribution is -0.125. The van der Waals surface area contributed by atoms with Crippen LogP contribution in [0.15, 0.2) is 29.4 Å². The molecule has 1 aromatic carbocycles. The number of nitrogens with zero attached hydrogens (tertiary/aromatic N) is 4. The quantitative estimate of drug-likeness (QED) is 0.766. The third-order valence-electron chi connectivity index (χ3n) is 4.23. The van der Waals surface area contributed by atoms with Crippen LogP contribution >= 0.6 is 11.8 Å². The molecular formula is C18H22N4O3S. The molecule has 0 aliphatic carbocycles. The van der Waals surface area contributed by atoms with E-state index in [4.69, 9.17) is 4.74 Å². The molecule has 7 nitrogen and oxygen atoms in total. The summed E-state index contributed by atoms with van der Waals surface area (Å²) >= 11 is 1.26. The minimum Gasteiger partial charge on any atom is -0.447 e. The molecule has 0 N–H and O–H groups in total. The summed E-state index contributed by atoms with van der Waals surface area (Å²) in [5.41, 5.74) is 2.31. The highest BCUT2D eigenvalue weighted by molar-refractivity contribution is 7.99. The summed E-state index contributed by atoms with van der Waals surface area (Å²) < 4.78 is 6.64. The van der Waals surface area contributed by atoms with Crippen molar-refractivity contribution in [1.29, 1.82) is 0 Å².